The van der Waals surface area contributed by atoms with Crippen LogP contribution in [-0.4, -0.2) is 84.1 Å². The molecule has 1 aromatic heterocycles. The maximum atomic E-state index is 12.8. The Kier molecular flexibility index (Phi) is 8.05. The molecule has 1 aliphatic rings. The Labute approximate surface area is 186 Å². The van der Waals surface area contributed by atoms with Gasteiger partial charge >= 0.3 is 5.97 Å². The van der Waals surface area contributed by atoms with E-state index >= 15 is 0 Å². The molecule has 0 unspecified atom stereocenters. The molecule has 1 fully saturated rings. The quantitative estimate of drug-likeness (QED) is 0.274. The number of esters is 1. The summed E-state index contributed by atoms with van der Waals surface area (Å²) in [7, 11) is 3.79. The molecule has 1 aromatic carbocycles. The van der Waals surface area contributed by atoms with Crippen molar-refractivity contribution < 1.29 is 38.9 Å². The van der Waals surface area contributed by atoms with Gasteiger partial charge in [-0.2, -0.15) is 4.57 Å². The lowest BCUT2D eigenvalue weighted by Gasteiger charge is -2.11. The highest BCUT2D eigenvalue weighted by Gasteiger charge is 2.48. The molecule has 0 spiro atoms. The molecule has 0 radical (unpaired) electrons. The third-order valence-electron chi connectivity index (χ3n) is 5.28. The number of hydrogen-bond acceptors (Lipinski definition) is 8. The SMILES string of the molecule is CN(C)CCOC(=O)c1ccc(CC(=O)c2ccc[n+]([C@@H]3O[C@H](CO)[C@@H](O)[C@H]3O)c2)cc1. The number of pyridine rings is 1. The third kappa shape index (κ3) is 5.76. The molecule has 0 aliphatic carbocycles. The van der Waals surface area contributed by atoms with E-state index in [0.29, 0.717) is 24.3 Å². The summed E-state index contributed by atoms with van der Waals surface area (Å²) in [6.45, 7) is 0.514. The van der Waals surface area contributed by atoms with Crippen molar-refractivity contribution in [3.05, 3.63) is 65.5 Å². The van der Waals surface area contributed by atoms with E-state index in [2.05, 4.69) is 0 Å². The second kappa shape index (κ2) is 10.8. The maximum Gasteiger partial charge on any atom is 0.338 e. The summed E-state index contributed by atoms with van der Waals surface area (Å²) < 4.78 is 12.2. The van der Waals surface area contributed by atoms with E-state index in [9.17, 15) is 24.9 Å². The van der Waals surface area contributed by atoms with Crippen LogP contribution in [0.2, 0.25) is 0 Å². The van der Waals surface area contributed by atoms with Gasteiger partial charge in [-0.25, -0.2) is 4.79 Å². The number of benzene rings is 1. The van der Waals surface area contributed by atoms with E-state index in [4.69, 9.17) is 9.47 Å². The van der Waals surface area contributed by atoms with Crippen LogP contribution in [0.15, 0.2) is 48.8 Å². The van der Waals surface area contributed by atoms with E-state index < -0.39 is 37.1 Å². The van der Waals surface area contributed by atoms with Crippen LogP contribution in [0.5, 0.6) is 0 Å². The number of nitrogens with zero attached hydrogens (tertiary/aromatic N) is 2. The average molecular weight is 445 g/mol. The number of likely N-dealkylation sites (N-methyl/N-ethyl adjacent to an activating group) is 1. The first-order valence-electron chi connectivity index (χ1n) is 10.4. The number of rotatable bonds is 9. The van der Waals surface area contributed by atoms with Gasteiger partial charge in [0.05, 0.1) is 17.7 Å². The highest BCUT2D eigenvalue weighted by atomic mass is 16.6. The number of carbonyl (C=O) groups excluding carboxylic acids is 2. The minimum absolute atomic E-state index is 0.121. The largest absolute Gasteiger partial charge is 0.461 e. The molecule has 1 saturated heterocycles. The molecule has 0 saturated carbocycles. The zero-order chi connectivity index (χ0) is 23.3. The number of ether oxygens (including phenoxy) is 2. The van der Waals surface area contributed by atoms with Gasteiger partial charge in [0, 0.05) is 19.0 Å². The number of Topliss-reactive ketones (excluding diaryl/α,β-unsaturated/α-hetero) is 1. The number of aromatic nitrogens is 1. The normalized spacial score (nSPS) is 22.8. The van der Waals surface area contributed by atoms with Gasteiger partial charge in [-0.1, -0.05) is 12.1 Å². The molecule has 9 heteroatoms. The van der Waals surface area contributed by atoms with Crippen molar-refractivity contribution in [2.24, 2.45) is 0 Å². The van der Waals surface area contributed by atoms with Gasteiger partial charge < -0.3 is 29.7 Å². The fourth-order valence-corrected chi connectivity index (χ4v) is 3.39. The van der Waals surface area contributed by atoms with E-state index in [-0.39, 0.29) is 12.2 Å². The second-order valence-corrected chi connectivity index (χ2v) is 8.00. The highest BCUT2D eigenvalue weighted by Crippen LogP contribution is 2.25. The van der Waals surface area contributed by atoms with Gasteiger partial charge in [0.1, 0.15) is 18.8 Å². The van der Waals surface area contributed by atoms with Crippen LogP contribution in [-0.2, 0) is 15.9 Å². The Morgan fingerprint density at radius 3 is 2.44 bits per heavy atom. The van der Waals surface area contributed by atoms with Gasteiger partial charge in [0.2, 0.25) is 0 Å². The van der Waals surface area contributed by atoms with E-state index in [1.165, 1.54) is 4.57 Å². The van der Waals surface area contributed by atoms with Gasteiger partial charge in [-0.15, -0.1) is 0 Å². The fraction of sp³-hybridized carbons (Fsp3) is 0.435. The molecule has 2 heterocycles. The molecule has 0 bridgehead atoms. The Bertz CT molecular complexity index is 932. The molecule has 9 nitrogen and oxygen atoms in total. The van der Waals surface area contributed by atoms with Crippen LogP contribution in [0.3, 0.4) is 0 Å². The topological polar surface area (TPSA) is 120 Å². The lowest BCUT2D eigenvalue weighted by atomic mass is 10.0. The molecule has 32 heavy (non-hydrogen) atoms. The lowest BCUT2D eigenvalue weighted by molar-refractivity contribution is -0.765. The molecule has 3 N–H and O–H groups in total. The van der Waals surface area contributed by atoms with Gasteiger partial charge in [0.25, 0.3) is 6.23 Å². The monoisotopic (exact) mass is 445 g/mol. The highest BCUT2D eigenvalue weighted by molar-refractivity contribution is 5.97. The first kappa shape index (κ1) is 24.0. The molecule has 3 rings (SSSR count). The van der Waals surface area contributed by atoms with E-state index in [1.807, 2.05) is 19.0 Å². The summed E-state index contributed by atoms with van der Waals surface area (Å²) >= 11 is 0. The predicted molar refractivity (Wildman–Crippen MR) is 113 cm³/mol. The summed E-state index contributed by atoms with van der Waals surface area (Å²) in [6.07, 6.45) is -0.969. The molecular formula is C23H29N2O7+. The Morgan fingerprint density at radius 1 is 1.09 bits per heavy atom. The molecule has 2 aromatic rings. The van der Waals surface area contributed by atoms with Crippen molar-refractivity contribution in [1.29, 1.82) is 0 Å². The summed E-state index contributed by atoms with van der Waals surface area (Å²) in [5, 5.41) is 29.4. The maximum absolute atomic E-state index is 12.8. The number of aliphatic hydroxyl groups is 3. The van der Waals surface area contributed by atoms with Crippen LogP contribution < -0.4 is 4.57 Å². The Hall–Kier alpha value is -2.69. The van der Waals surface area contributed by atoms with Crippen LogP contribution in [0, 0.1) is 0 Å². The molecule has 4 atom stereocenters. The minimum atomic E-state index is -1.23. The summed E-state index contributed by atoms with van der Waals surface area (Å²) in [4.78, 5) is 26.8. The third-order valence-corrected chi connectivity index (χ3v) is 5.28. The second-order valence-electron chi connectivity index (χ2n) is 8.00. The average Bonchev–Trinajstić information content (AvgIpc) is 3.08. The smallest absolute Gasteiger partial charge is 0.338 e. The van der Waals surface area contributed by atoms with Crippen molar-refractivity contribution >= 4 is 11.8 Å². The van der Waals surface area contributed by atoms with Crippen LogP contribution in [0.4, 0.5) is 0 Å². The number of ketones is 1. The lowest BCUT2D eigenvalue weighted by Crippen LogP contribution is -2.46. The first-order valence-corrected chi connectivity index (χ1v) is 10.4. The summed E-state index contributed by atoms with van der Waals surface area (Å²) in [6, 6.07) is 9.98. The molecule has 172 valence electrons. The predicted octanol–water partition coefficient (Wildman–Crippen LogP) is -0.271. The first-order chi connectivity index (χ1) is 15.3. The van der Waals surface area contributed by atoms with E-state index in [1.54, 1.807) is 48.8 Å². The van der Waals surface area contributed by atoms with E-state index in [0.717, 1.165) is 5.56 Å². The molecule has 1 aliphatic heterocycles. The number of aliphatic hydroxyl groups excluding tert-OH is 3. The number of hydrogen-bond donors (Lipinski definition) is 3. The standard InChI is InChI=1S/C23H29N2O7/c1-24(2)10-11-31-23(30)16-7-5-15(6-8-16)12-18(27)17-4-3-9-25(13-17)22-21(29)20(28)19(14-26)32-22/h3-9,13,19-22,26,28-29H,10-12,14H2,1-2H3/q+1/t19-,20-,21-,22-/m1/s1. The van der Waals surface area contributed by atoms with Crippen molar-refractivity contribution in [3.63, 3.8) is 0 Å². The fourth-order valence-electron chi connectivity index (χ4n) is 3.39. The number of carbonyl (C=O) groups is 2. The van der Waals surface area contributed by atoms with Crippen LogP contribution >= 0.6 is 0 Å². The van der Waals surface area contributed by atoms with Gasteiger partial charge in [-0.05, 0) is 37.9 Å². The van der Waals surface area contributed by atoms with Gasteiger partial charge in [-0.3, -0.25) is 4.79 Å². The van der Waals surface area contributed by atoms with Crippen LogP contribution in [0.25, 0.3) is 0 Å². The summed E-state index contributed by atoms with van der Waals surface area (Å²) in [5.74, 6) is -0.570. The van der Waals surface area contributed by atoms with Crippen molar-refractivity contribution in [3.8, 4) is 0 Å². The zero-order valence-electron chi connectivity index (χ0n) is 18.1. The van der Waals surface area contributed by atoms with Crippen molar-refractivity contribution in [1.82, 2.24) is 4.90 Å². The molecular weight excluding hydrogens is 416 g/mol. The Balaban J connectivity index is 1.63. The van der Waals surface area contributed by atoms with Crippen molar-refractivity contribution in [2.45, 2.75) is 31.0 Å². The minimum Gasteiger partial charge on any atom is -0.461 e. The van der Waals surface area contributed by atoms with Crippen molar-refractivity contribution in [2.75, 3.05) is 33.9 Å². The van der Waals surface area contributed by atoms with Crippen LogP contribution in [0.1, 0.15) is 32.5 Å². The van der Waals surface area contributed by atoms with Gasteiger partial charge in [0.15, 0.2) is 24.3 Å². The zero-order valence-corrected chi connectivity index (χ0v) is 18.1. The summed E-state index contributed by atoms with van der Waals surface area (Å²) in [5.41, 5.74) is 1.56. The molecule has 0 amide bonds. The Morgan fingerprint density at radius 2 is 1.81 bits per heavy atom.